The van der Waals surface area contributed by atoms with Crippen LogP contribution in [0.15, 0.2) is 51.8 Å². The summed E-state index contributed by atoms with van der Waals surface area (Å²) in [5, 5.41) is 0. The molecule has 0 aliphatic rings. The molecule has 4 nitrogen and oxygen atoms in total. The molecule has 0 fully saturated rings. The molecular formula is C15H15BrFNO3S. The number of benzene rings is 2. The second-order valence-electron chi connectivity index (χ2n) is 4.61. The summed E-state index contributed by atoms with van der Waals surface area (Å²) in [6, 6.07) is 10.8. The van der Waals surface area contributed by atoms with Crippen molar-refractivity contribution in [2.45, 2.75) is 11.8 Å². The number of rotatable bonds is 6. The summed E-state index contributed by atoms with van der Waals surface area (Å²) in [5.41, 5.74) is 0.361. The average Bonchev–Trinajstić information content (AvgIpc) is 2.43. The number of hydrogen-bond donors (Lipinski definition) is 1. The molecule has 2 rings (SSSR count). The van der Waals surface area contributed by atoms with Gasteiger partial charge in [-0.05, 0) is 48.9 Å². The van der Waals surface area contributed by atoms with Crippen LogP contribution in [-0.4, -0.2) is 21.6 Å². The third-order valence-corrected chi connectivity index (χ3v) is 5.00. The van der Waals surface area contributed by atoms with E-state index in [4.69, 9.17) is 4.74 Å². The lowest BCUT2D eigenvalue weighted by molar-refractivity contribution is 0.322. The second kappa shape index (κ2) is 7.21. The molecule has 0 bridgehead atoms. The maximum absolute atomic E-state index is 13.0. The largest absolute Gasteiger partial charge is 0.492 e. The Morgan fingerprint density at radius 1 is 1.23 bits per heavy atom. The van der Waals surface area contributed by atoms with Crippen molar-refractivity contribution in [1.82, 2.24) is 4.72 Å². The van der Waals surface area contributed by atoms with E-state index in [-0.39, 0.29) is 18.0 Å². The normalized spacial score (nSPS) is 11.4. The van der Waals surface area contributed by atoms with Gasteiger partial charge >= 0.3 is 0 Å². The van der Waals surface area contributed by atoms with Gasteiger partial charge in [-0.2, -0.15) is 0 Å². The molecule has 0 atom stereocenters. The molecule has 0 heterocycles. The average molecular weight is 388 g/mol. The molecule has 0 aliphatic heterocycles. The highest BCUT2D eigenvalue weighted by Crippen LogP contribution is 2.18. The summed E-state index contributed by atoms with van der Waals surface area (Å²) in [5.74, 6) is 0.181. The maximum atomic E-state index is 13.0. The number of hydrogen-bond acceptors (Lipinski definition) is 3. The Kier molecular flexibility index (Phi) is 5.55. The summed E-state index contributed by atoms with van der Waals surface area (Å²) in [6.07, 6.45) is 0. The van der Waals surface area contributed by atoms with Crippen LogP contribution in [0.4, 0.5) is 4.39 Å². The van der Waals surface area contributed by atoms with Crippen molar-refractivity contribution in [2.75, 3.05) is 13.2 Å². The Balaban J connectivity index is 1.93. The second-order valence-corrected chi connectivity index (χ2v) is 7.26. The van der Waals surface area contributed by atoms with Gasteiger partial charge in [0.1, 0.15) is 18.2 Å². The van der Waals surface area contributed by atoms with Crippen molar-refractivity contribution in [3.05, 3.63) is 58.3 Å². The van der Waals surface area contributed by atoms with Gasteiger partial charge in [0.2, 0.25) is 10.0 Å². The predicted octanol–water partition coefficient (Wildman–Crippen LogP) is 3.25. The molecule has 118 valence electrons. The molecule has 0 radical (unpaired) electrons. The molecule has 0 saturated heterocycles. The number of aryl methyl sites for hydroxylation is 1. The highest BCUT2D eigenvalue weighted by atomic mass is 79.9. The molecule has 0 aliphatic carbocycles. The standard InChI is InChI=1S/C15H15BrFNO3S/c1-11-9-13(17)5-6-15(11)22(19,20)18-7-8-21-14-4-2-3-12(16)10-14/h2-6,9-10,18H,7-8H2,1H3. The first kappa shape index (κ1) is 16.9. The summed E-state index contributed by atoms with van der Waals surface area (Å²) in [4.78, 5) is 0.0661. The molecule has 0 aromatic heterocycles. The van der Waals surface area contributed by atoms with E-state index in [0.717, 1.165) is 10.5 Å². The van der Waals surface area contributed by atoms with Crippen molar-refractivity contribution in [1.29, 1.82) is 0 Å². The van der Waals surface area contributed by atoms with E-state index >= 15 is 0 Å². The minimum atomic E-state index is -3.68. The first-order valence-corrected chi connectivity index (χ1v) is 8.80. The van der Waals surface area contributed by atoms with Gasteiger partial charge in [-0.3, -0.25) is 0 Å². The van der Waals surface area contributed by atoms with Crippen LogP contribution in [0.3, 0.4) is 0 Å². The van der Waals surface area contributed by atoms with Crippen molar-refractivity contribution < 1.29 is 17.5 Å². The molecule has 0 spiro atoms. The zero-order valence-corrected chi connectivity index (χ0v) is 14.2. The van der Waals surface area contributed by atoms with E-state index < -0.39 is 15.8 Å². The Morgan fingerprint density at radius 2 is 2.00 bits per heavy atom. The van der Waals surface area contributed by atoms with Crippen LogP contribution in [0.2, 0.25) is 0 Å². The third kappa shape index (κ3) is 4.53. The highest BCUT2D eigenvalue weighted by Gasteiger charge is 2.16. The topological polar surface area (TPSA) is 55.4 Å². The molecule has 7 heteroatoms. The minimum absolute atomic E-state index is 0.0661. The summed E-state index contributed by atoms with van der Waals surface area (Å²) < 4.78 is 46.1. The lowest BCUT2D eigenvalue weighted by Crippen LogP contribution is -2.28. The Labute approximate surface area is 137 Å². The van der Waals surface area contributed by atoms with Gasteiger partial charge in [0.15, 0.2) is 0 Å². The number of nitrogens with one attached hydrogen (secondary N) is 1. The number of sulfonamides is 1. The molecule has 2 aromatic rings. The molecule has 0 unspecified atom stereocenters. The van der Waals surface area contributed by atoms with E-state index in [9.17, 15) is 12.8 Å². The van der Waals surface area contributed by atoms with E-state index in [2.05, 4.69) is 20.7 Å². The molecule has 2 aromatic carbocycles. The quantitative estimate of drug-likeness (QED) is 0.773. The fraction of sp³-hybridized carbons (Fsp3) is 0.200. The summed E-state index contributed by atoms with van der Waals surface area (Å²) in [6.45, 7) is 1.86. The van der Waals surface area contributed by atoms with Gasteiger partial charge in [0.05, 0.1) is 4.90 Å². The van der Waals surface area contributed by atoms with E-state index in [1.807, 2.05) is 12.1 Å². The lowest BCUT2D eigenvalue weighted by Gasteiger charge is -2.10. The fourth-order valence-electron chi connectivity index (χ4n) is 1.89. The van der Waals surface area contributed by atoms with Crippen LogP contribution in [0.5, 0.6) is 5.75 Å². The predicted molar refractivity (Wildman–Crippen MR) is 86.0 cm³/mol. The molecule has 1 N–H and O–H groups in total. The Hall–Kier alpha value is -1.44. The Morgan fingerprint density at radius 3 is 2.68 bits per heavy atom. The summed E-state index contributed by atoms with van der Waals surface area (Å²) in [7, 11) is -3.68. The van der Waals surface area contributed by atoms with Gasteiger partial charge < -0.3 is 4.74 Å². The van der Waals surface area contributed by atoms with Crippen LogP contribution in [0.1, 0.15) is 5.56 Å². The van der Waals surface area contributed by atoms with E-state index in [1.54, 1.807) is 19.1 Å². The van der Waals surface area contributed by atoms with Crippen molar-refractivity contribution >= 4 is 26.0 Å². The minimum Gasteiger partial charge on any atom is -0.492 e. The molecule has 0 amide bonds. The van der Waals surface area contributed by atoms with Crippen LogP contribution in [0.25, 0.3) is 0 Å². The van der Waals surface area contributed by atoms with Gasteiger partial charge in [0, 0.05) is 11.0 Å². The van der Waals surface area contributed by atoms with Crippen LogP contribution >= 0.6 is 15.9 Å². The molecular weight excluding hydrogens is 373 g/mol. The lowest BCUT2D eigenvalue weighted by atomic mass is 10.2. The van der Waals surface area contributed by atoms with Gasteiger partial charge in [-0.15, -0.1) is 0 Å². The molecule has 0 saturated carbocycles. The third-order valence-electron chi connectivity index (χ3n) is 2.89. The zero-order chi connectivity index (χ0) is 16.2. The number of halogens is 2. The van der Waals surface area contributed by atoms with Gasteiger partial charge in [0.25, 0.3) is 0 Å². The Bertz CT molecular complexity index is 765. The number of ether oxygens (including phenoxy) is 1. The first-order valence-electron chi connectivity index (χ1n) is 6.53. The van der Waals surface area contributed by atoms with E-state index in [1.165, 1.54) is 12.1 Å². The SMILES string of the molecule is Cc1cc(F)ccc1S(=O)(=O)NCCOc1cccc(Br)c1. The van der Waals surface area contributed by atoms with Crippen LogP contribution in [0, 0.1) is 12.7 Å². The van der Waals surface area contributed by atoms with Gasteiger partial charge in [-0.1, -0.05) is 22.0 Å². The van der Waals surface area contributed by atoms with Crippen LogP contribution < -0.4 is 9.46 Å². The smallest absolute Gasteiger partial charge is 0.240 e. The highest BCUT2D eigenvalue weighted by molar-refractivity contribution is 9.10. The molecule has 22 heavy (non-hydrogen) atoms. The van der Waals surface area contributed by atoms with Crippen molar-refractivity contribution in [3.63, 3.8) is 0 Å². The van der Waals surface area contributed by atoms with Gasteiger partial charge in [-0.25, -0.2) is 17.5 Å². The van der Waals surface area contributed by atoms with Crippen molar-refractivity contribution in [2.24, 2.45) is 0 Å². The van der Waals surface area contributed by atoms with Crippen LogP contribution in [-0.2, 0) is 10.0 Å². The fourth-order valence-corrected chi connectivity index (χ4v) is 3.51. The van der Waals surface area contributed by atoms with Crippen molar-refractivity contribution in [3.8, 4) is 5.75 Å². The first-order chi connectivity index (χ1) is 10.4. The monoisotopic (exact) mass is 387 g/mol. The maximum Gasteiger partial charge on any atom is 0.240 e. The zero-order valence-electron chi connectivity index (χ0n) is 11.8. The van der Waals surface area contributed by atoms with E-state index in [0.29, 0.717) is 11.3 Å². The summed E-state index contributed by atoms with van der Waals surface area (Å²) >= 11 is 3.33.